The van der Waals surface area contributed by atoms with Gasteiger partial charge in [-0.05, 0) is 56.1 Å². The van der Waals surface area contributed by atoms with E-state index < -0.39 is 6.10 Å². The Hall–Kier alpha value is -2.64. The zero-order chi connectivity index (χ0) is 24.3. The highest BCUT2D eigenvalue weighted by Gasteiger charge is 2.43. The Morgan fingerprint density at radius 3 is 2.76 bits per heavy atom. The van der Waals surface area contributed by atoms with E-state index in [1.54, 1.807) is 6.08 Å². The van der Waals surface area contributed by atoms with Crippen LogP contribution in [0.15, 0.2) is 54.1 Å². The smallest absolute Gasteiger partial charge is 0.307 e. The lowest BCUT2D eigenvalue weighted by atomic mass is 9.88. The summed E-state index contributed by atoms with van der Waals surface area (Å²) in [5, 5.41) is 23.5. The summed E-state index contributed by atoms with van der Waals surface area (Å²) in [7, 11) is 1.33. The third-order valence-electron chi connectivity index (χ3n) is 6.70. The van der Waals surface area contributed by atoms with Gasteiger partial charge in [-0.15, -0.1) is 0 Å². The molecule has 34 heavy (non-hydrogen) atoms. The molecule has 0 heterocycles. The fraction of sp³-hybridized carbons (Fsp3) is 0.556. The molecule has 3 rings (SSSR count). The van der Waals surface area contributed by atoms with Gasteiger partial charge in [0.15, 0.2) is 0 Å². The van der Waals surface area contributed by atoms with Crippen LogP contribution < -0.4 is 10.1 Å². The molecule has 1 saturated carbocycles. The molecule has 1 aromatic rings. The minimum absolute atomic E-state index is 0.0331. The van der Waals surface area contributed by atoms with Crippen LogP contribution in [0.25, 0.3) is 0 Å². The summed E-state index contributed by atoms with van der Waals surface area (Å²) in [4.78, 5) is 22.9. The molecule has 1 aromatic carbocycles. The maximum Gasteiger partial charge on any atom is 0.307 e. The van der Waals surface area contributed by atoms with Crippen LogP contribution in [0, 0.1) is 17.8 Å². The number of rotatable bonds is 13. The predicted molar refractivity (Wildman–Crippen MR) is 129 cm³/mol. The zero-order valence-corrected chi connectivity index (χ0v) is 19.9. The van der Waals surface area contributed by atoms with Gasteiger partial charge in [0.1, 0.15) is 18.5 Å². The number of amides is 1. The molecule has 0 saturated heterocycles. The molecule has 0 spiro atoms. The van der Waals surface area contributed by atoms with Crippen LogP contribution in [-0.4, -0.2) is 54.6 Å². The predicted octanol–water partition coefficient (Wildman–Crippen LogP) is 3.17. The number of benzene rings is 1. The highest BCUT2D eigenvalue weighted by Crippen LogP contribution is 2.48. The van der Waals surface area contributed by atoms with Crippen molar-refractivity contribution >= 4 is 11.9 Å². The number of carbonyl (C=O) groups is 2. The number of nitrogens with one attached hydrogen (secondary N) is 1. The van der Waals surface area contributed by atoms with Gasteiger partial charge in [0.05, 0.1) is 19.6 Å². The van der Waals surface area contributed by atoms with Gasteiger partial charge in [-0.25, -0.2) is 0 Å². The molecule has 7 heteroatoms. The molecule has 3 N–H and O–H groups in total. The Balaban J connectivity index is 1.35. The van der Waals surface area contributed by atoms with Crippen molar-refractivity contribution in [1.29, 1.82) is 0 Å². The van der Waals surface area contributed by atoms with E-state index in [-0.39, 0.29) is 36.9 Å². The van der Waals surface area contributed by atoms with E-state index >= 15 is 0 Å². The summed E-state index contributed by atoms with van der Waals surface area (Å²) >= 11 is 0. The average molecular weight is 472 g/mol. The van der Waals surface area contributed by atoms with Gasteiger partial charge in [0.2, 0.25) is 5.91 Å². The molecular weight excluding hydrogens is 434 g/mol. The molecule has 1 fully saturated rings. The molecule has 186 valence electrons. The van der Waals surface area contributed by atoms with Crippen molar-refractivity contribution < 1.29 is 29.3 Å². The number of fused-ring (bicyclic) bond motifs is 1. The first-order chi connectivity index (χ1) is 16.5. The van der Waals surface area contributed by atoms with Gasteiger partial charge in [0.25, 0.3) is 0 Å². The fourth-order valence-corrected chi connectivity index (χ4v) is 4.93. The van der Waals surface area contributed by atoms with Crippen molar-refractivity contribution in [2.45, 2.75) is 57.2 Å². The standard InChI is InChI=1S/C27H37NO6/c1-33-27(32)13-14-28-26(31)10-6-5-7-19-15-20-17-25(30)23(24(20)16-19)12-11-21(29)18-34-22-8-3-2-4-9-22/h2-4,8-9,11-12,15,20-21,23-25,29-30H,5-7,10,13-14,16-18H2,1H3,(H,28,31)/t20-,21+,23+,24-,25+/m0/s1. The number of ether oxygens (including phenoxy) is 2. The van der Waals surface area contributed by atoms with Gasteiger partial charge >= 0.3 is 5.97 Å². The Morgan fingerprint density at radius 2 is 2.00 bits per heavy atom. The molecule has 0 aliphatic heterocycles. The topological polar surface area (TPSA) is 105 Å². The molecule has 1 amide bonds. The number of esters is 1. The molecule has 2 aliphatic rings. The lowest BCUT2D eigenvalue weighted by Gasteiger charge is -2.19. The van der Waals surface area contributed by atoms with Gasteiger partial charge in [-0.3, -0.25) is 9.59 Å². The first-order valence-corrected chi connectivity index (χ1v) is 12.2. The van der Waals surface area contributed by atoms with Crippen LogP contribution in [0.4, 0.5) is 0 Å². The molecule has 5 atom stereocenters. The summed E-state index contributed by atoms with van der Waals surface area (Å²) in [6, 6.07) is 9.40. The van der Waals surface area contributed by atoms with Crippen molar-refractivity contribution in [2.24, 2.45) is 17.8 Å². The number of carbonyl (C=O) groups excluding carboxylic acids is 2. The number of hydrogen-bond acceptors (Lipinski definition) is 6. The van der Waals surface area contributed by atoms with Crippen LogP contribution in [-0.2, 0) is 14.3 Å². The van der Waals surface area contributed by atoms with Crippen molar-refractivity contribution in [3.05, 3.63) is 54.1 Å². The summed E-state index contributed by atoms with van der Waals surface area (Å²) in [5.74, 6) is 1.13. The van der Waals surface area contributed by atoms with Crippen LogP contribution >= 0.6 is 0 Å². The summed E-state index contributed by atoms with van der Waals surface area (Å²) in [6.45, 7) is 0.488. The second-order valence-corrected chi connectivity index (χ2v) is 9.20. The zero-order valence-electron chi connectivity index (χ0n) is 19.9. The third kappa shape index (κ3) is 7.99. The van der Waals surface area contributed by atoms with E-state index in [9.17, 15) is 19.8 Å². The Bertz CT molecular complexity index is 852. The van der Waals surface area contributed by atoms with E-state index in [2.05, 4.69) is 16.1 Å². The van der Waals surface area contributed by atoms with Gasteiger partial charge in [0, 0.05) is 18.9 Å². The maximum absolute atomic E-state index is 11.9. The minimum atomic E-state index is -0.723. The van der Waals surface area contributed by atoms with Gasteiger partial charge in [-0.1, -0.05) is 42.0 Å². The number of unbranched alkanes of at least 4 members (excludes halogenated alkanes) is 1. The number of aliphatic hydroxyl groups excluding tert-OH is 2. The minimum Gasteiger partial charge on any atom is -0.491 e. The largest absolute Gasteiger partial charge is 0.491 e. The monoisotopic (exact) mass is 471 g/mol. The number of aliphatic hydroxyl groups is 2. The first kappa shape index (κ1) is 26.0. The SMILES string of the molecule is COC(=O)CCNC(=O)CCCCC1=C[C@H]2C[C@@H](O)[C@H](C=C[C@@H](O)COc3ccccc3)[C@H]2C1. The van der Waals surface area contributed by atoms with E-state index in [1.165, 1.54) is 12.7 Å². The molecule has 2 aliphatic carbocycles. The average Bonchev–Trinajstić information content (AvgIpc) is 3.35. The summed E-state index contributed by atoms with van der Waals surface area (Å²) < 4.78 is 10.2. The lowest BCUT2D eigenvalue weighted by molar-refractivity contribution is -0.140. The lowest BCUT2D eigenvalue weighted by Crippen LogP contribution is -2.25. The number of methoxy groups -OCH3 is 1. The molecular formula is C27H37NO6. The number of hydrogen-bond donors (Lipinski definition) is 3. The summed E-state index contributed by atoms with van der Waals surface area (Å²) in [5.41, 5.74) is 1.40. The fourth-order valence-electron chi connectivity index (χ4n) is 4.93. The van der Waals surface area contributed by atoms with Gasteiger partial charge in [-0.2, -0.15) is 0 Å². The van der Waals surface area contributed by atoms with Crippen LogP contribution in [0.3, 0.4) is 0 Å². The van der Waals surface area contributed by atoms with Crippen molar-refractivity contribution in [2.75, 3.05) is 20.3 Å². The van der Waals surface area contributed by atoms with E-state index in [0.29, 0.717) is 24.8 Å². The van der Waals surface area contributed by atoms with Crippen molar-refractivity contribution in [3.8, 4) is 5.75 Å². The second-order valence-electron chi connectivity index (χ2n) is 9.20. The molecule has 7 nitrogen and oxygen atoms in total. The van der Waals surface area contributed by atoms with E-state index in [0.717, 1.165) is 37.9 Å². The first-order valence-electron chi connectivity index (χ1n) is 12.2. The molecule has 0 bridgehead atoms. The quantitative estimate of drug-likeness (QED) is 0.232. The van der Waals surface area contributed by atoms with Crippen LogP contribution in [0.2, 0.25) is 0 Å². The highest BCUT2D eigenvalue weighted by atomic mass is 16.5. The van der Waals surface area contributed by atoms with Crippen molar-refractivity contribution in [3.63, 3.8) is 0 Å². The highest BCUT2D eigenvalue weighted by molar-refractivity contribution is 5.76. The third-order valence-corrected chi connectivity index (χ3v) is 6.70. The van der Waals surface area contributed by atoms with Crippen molar-refractivity contribution in [1.82, 2.24) is 5.32 Å². The molecule has 0 unspecified atom stereocenters. The van der Waals surface area contributed by atoms with Crippen LogP contribution in [0.1, 0.15) is 44.9 Å². The van der Waals surface area contributed by atoms with E-state index in [1.807, 2.05) is 36.4 Å². The summed E-state index contributed by atoms with van der Waals surface area (Å²) in [6.07, 6.45) is 9.96. The normalized spacial score (nSPS) is 24.5. The van der Waals surface area contributed by atoms with Crippen LogP contribution in [0.5, 0.6) is 5.75 Å². The molecule has 0 radical (unpaired) electrons. The maximum atomic E-state index is 11.9. The van der Waals surface area contributed by atoms with E-state index in [4.69, 9.17) is 4.74 Å². The number of para-hydroxylation sites is 1. The second kappa shape index (κ2) is 13.3. The molecule has 0 aromatic heterocycles. The Kier molecular flexibility index (Phi) is 10.2. The number of allylic oxidation sites excluding steroid dienone is 2. The Morgan fingerprint density at radius 1 is 1.21 bits per heavy atom. The Labute approximate surface area is 201 Å². The van der Waals surface area contributed by atoms with Gasteiger partial charge < -0.3 is 25.0 Å².